The van der Waals surface area contributed by atoms with Crippen molar-refractivity contribution in [3.8, 4) is 0 Å². The summed E-state index contributed by atoms with van der Waals surface area (Å²) >= 11 is 8.41. The highest BCUT2D eigenvalue weighted by molar-refractivity contribution is 9.12. The lowest BCUT2D eigenvalue weighted by atomic mass is 10.1. The van der Waals surface area contributed by atoms with Crippen LogP contribution in [0.1, 0.15) is 17.3 Å². The van der Waals surface area contributed by atoms with Gasteiger partial charge in [-0.2, -0.15) is 0 Å². The number of hydrogen-bond donors (Lipinski definition) is 0. The minimum absolute atomic E-state index is 0.195. The number of likely N-dealkylation sites (N-methyl/N-ethyl adjacent to an activating group) is 1. The second kappa shape index (κ2) is 6.13. The molecular formula is C12H16Br2N2OS. The number of hydrogen-bond acceptors (Lipinski definition) is 4. The zero-order valence-corrected chi connectivity index (χ0v) is 14.4. The van der Waals surface area contributed by atoms with Gasteiger partial charge < -0.3 is 4.90 Å². The topological polar surface area (TPSA) is 23.6 Å². The fraction of sp³-hybridized carbons (Fsp3) is 0.583. The highest BCUT2D eigenvalue weighted by Crippen LogP contribution is 2.32. The summed E-state index contributed by atoms with van der Waals surface area (Å²) in [5.41, 5.74) is 0.790. The molecule has 2 heterocycles. The number of carbonyl (C=O) groups excluding carboxylic acids is 1. The standard InChI is InChI=1S/C12H16Br2N2OS/c1-8-6-15(2)3-4-16(8)7-10(17)9-5-11(13)18-12(9)14/h5,8H,3-4,6-7H2,1-2H3. The van der Waals surface area contributed by atoms with Crippen LogP contribution in [0, 0.1) is 0 Å². The van der Waals surface area contributed by atoms with Crippen molar-refractivity contribution in [3.05, 3.63) is 19.2 Å². The highest BCUT2D eigenvalue weighted by atomic mass is 79.9. The minimum atomic E-state index is 0.195. The molecule has 1 aromatic rings. The molecule has 0 aromatic carbocycles. The van der Waals surface area contributed by atoms with Gasteiger partial charge in [-0.15, -0.1) is 11.3 Å². The zero-order valence-electron chi connectivity index (χ0n) is 10.4. The van der Waals surface area contributed by atoms with Crippen molar-refractivity contribution < 1.29 is 4.79 Å². The third-order valence-electron chi connectivity index (χ3n) is 3.27. The lowest BCUT2D eigenvalue weighted by Gasteiger charge is -2.37. The summed E-state index contributed by atoms with van der Waals surface area (Å²) in [6.07, 6.45) is 0. The van der Waals surface area contributed by atoms with Crippen LogP contribution < -0.4 is 0 Å². The first-order chi connectivity index (χ1) is 8.47. The van der Waals surface area contributed by atoms with E-state index in [-0.39, 0.29) is 5.78 Å². The SMILES string of the molecule is CC1CN(C)CCN1CC(=O)c1cc(Br)sc1Br. The molecule has 0 N–H and O–H groups in total. The molecule has 0 bridgehead atoms. The van der Waals surface area contributed by atoms with Crippen LogP contribution in [0.2, 0.25) is 0 Å². The van der Waals surface area contributed by atoms with Gasteiger partial charge in [0.25, 0.3) is 0 Å². The Balaban J connectivity index is 2.01. The van der Waals surface area contributed by atoms with Crippen molar-refractivity contribution >= 4 is 49.0 Å². The molecule has 0 spiro atoms. The van der Waals surface area contributed by atoms with E-state index in [1.165, 1.54) is 0 Å². The van der Waals surface area contributed by atoms with Crippen LogP contribution in [0.3, 0.4) is 0 Å². The molecule has 0 aliphatic carbocycles. The Morgan fingerprint density at radius 3 is 2.78 bits per heavy atom. The van der Waals surface area contributed by atoms with Crippen LogP contribution in [0.25, 0.3) is 0 Å². The average Bonchev–Trinajstić information content (AvgIpc) is 2.62. The van der Waals surface area contributed by atoms with E-state index in [2.05, 4.69) is 55.6 Å². The third kappa shape index (κ3) is 3.42. The molecule has 6 heteroatoms. The molecule has 1 unspecified atom stereocenters. The van der Waals surface area contributed by atoms with Gasteiger partial charge in [-0.3, -0.25) is 9.69 Å². The third-order valence-corrected chi connectivity index (χ3v) is 5.61. The van der Waals surface area contributed by atoms with E-state index in [1.54, 1.807) is 11.3 Å². The largest absolute Gasteiger partial charge is 0.304 e. The minimum Gasteiger partial charge on any atom is -0.304 e. The smallest absolute Gasteiger partial charge is 0.178 e. The fourth-order valence-electron chi connectivity index (χ4n) is 2.21. The van der Waals surface area contributed by atoms with Gasteiger partial charge in [0, 0.05) is 31.2 Å². The molecule has 1 atom stereocenters. The average molecular weight is 396 g/mol. The Labute approximate surface area is 128 Å². The number of thiophene rings is 1. The van der Waals surface area contributed by atoms with E-state index in [4.69, 9.17) is 0 Å². The van der Waals surface area contributed by atoms with E-state index in [1.807, 2.05) is 6.07 Å². The predicted octanol–water partition coefficient (Wildman–Crippen LogP) is 3.09. The second-order valence-electron chi connectivity index (χ2n) is 4.74. The first-order valence-corrected chi connectivity index (χ1v) is 8.28. The van der Waals surface area contributed by atoms with E-state index < -0.39 is 0 Å². The number of Topliss-reactive ketones (excluding diaryl/α,β-unsaturated/α-hetero) is 1. The highest BCUT2D eigenvalue weighted by Gasteiger charge is 2.24. The van der Waals surface area contributed by atoms with Gasteiger partial charge in [0.05, 0.1) is 14.1 Å². The lowest BCUT2D eigenvalue weighted by molar-refractivity contribution is 0.0747. The van der Waals surface area contributed by atoms with Gasteiger partial charge in [-0.05, 0) is 51.9 Å². The Bertz CT molecular complexity index is 449. The van der Waals surface area contributed by atoms with Gasteiger partial charge in [-0.25, -0.2) is 0 Å². The van der Waals surface area contributed by atoms with Crippen molar-refractivity contribution in [2.24, 2.45) is 0 Å². The van der Waals surface area contributed by atoms with Crippen molar-refractivity contribution in [1.29, 1.82) is 0 Å². The summed E-state index contributed by atoms with van der Waals surface area (Å²) < 4.78 is 1.91. The summed E-state index contributed by atoms with van der Waals surface area (Å²) in [4.78, 5) is 16.8. The Morgan fingerprint density at radius 2 is 2.22 bits per heavy atom. The van der Waals surface area contributed by atoms with E-state index in [0.717, 1.165) is 32.8 Å². The number of rotatable bonds is 3. The first-order valence-electron chi connectivity index (χ1n) is 5.88. The molecule has 18 heavy (non-hydrogen) atoms. The number of carbonyl (C=O) groups is 1. The molecule has 1 aromatic heterocycles. The van der Waals surface area contributed by atoms with Crippen LogP contribution in [0.4, 0.5) is 0 Å². The first kappa shape index (κ1) is 14.7. The summed E-state index contributed by atoms with van der Waals surface area (Å²) in [6, 6.07) is 2.34. The monoisotopic (exact) mass is 394 g/mol. The van der Waals surface area contributed by atoms with Gasteiger partial charge in [0.2, 0.25) is 0 Å². The molecule has 1 aliphatic heterocycles. The maximum Gasteiger partial charge on any atom is 0.178 e. The quantitative estimate of drug-likeness (QED) is 0.734. The molecule has 100 valence electrons. The van der Waals surface area contributed by atoms with E-state index in [0.29, 0.717) is 12.6 Å². The van der Waals surface area contributed by atoms with Gasteiger partial charge >= 0.3 is 0 Å². The Hall–Kier alpha value is 0.250. The van der Waals surface area contributed by atoms with Crippen molar-refractivity contribution in [2.75, 3.05) is 33.2 Å². The van der Waals surface area contributed by atoms with Crippen molar-refractivity contribution in [1.82, 2.24) is 9.80 Å². The predicted molar refractivity (Wildman–Crippen MR) is 82.6 cm³/mol. The second-order valence-corrected chi connectivity index (χ2v) is 8.49. The number of halogens is 2. The molecular weight excluding hydrogens is 380 g/mol. The number of piperazine rings is 1. The van der Waals surface area contributed by atoms with E-state index >= 15 is 0 Å². The lowest BCUT2D eigenvalue weighted by Crippen LogP contribution is -2.51. The summed E-state index contributed by atoms with van der Waals surface area (Å²) in [6.45, 7) is 5.72. The van der Waals surface area contributed by atoms with Crippen LogP contribution in [0.15, 0.2) is 13.6 Å². The van der Waals surface area contributed by atoms with Crippen LogP contribution in [-0.2, 0) is 0 Å². The van der Waals surface area contributed by atoms with Crippen LogP contribution in [-0.4, -0.2) is 54.9 Å². The van der Waals surface area contributed by atoms with Gasteiger partial charge in [0.1, 0.15) is 0 Å². The fourth-order valence-corrected chi connectivity index (χ4v) is 5.07. The molecule has 1 aliphatic rings. The van der Waals surface area contributed by atoms with Crippen LogP contribution in [0.5, 0.6) is 0 Å². The van der Waals surface area contributed by atoms with Crippen molar-refractivity contribution in [2.45, 2.75) is 13.0 Å². The molecule has 3 nitrogen and oxygen atoms in total. The summed E-state index contributed by atoms with van der Waals surface area (Å²) in [7, 11) is 2.13. The molecule has 0 amide bonds. The number of nitrogens with zero attached hydrogens (tertiary/aromatic N) is 2. The van der Waals surface area contributed by atoms with Gasteiger partial charge in [0.15, 0.2) is 5.78 Å². The number of ketones is 1. The molecule has 1 saturated heterocycles. The Kier molecular flexibility index (Phi) is 4.99. The van der Waals surface area contributed by atoms with Crippen molar-refractivity contribution in [3.63, 3.8) is 0 Å². The molecule has 1 fully saturated rings. The van der Waals surface area contributed by atoms with Crippen LogP contribution >= 0.6 is 43.2 Å². The zero-order chi connectivity index (χ0) is 13.3. The molecule has 2 rings (SSSR count). The Morgan fingerprint density at radius 1 is 1.50 bits per heavy atom. The molecule has 0 radical (unpaired) electrons. The van der Waals surface area contributed by atoms with Gasteiger partial charge in [-0.1, -0.05) is 0 Å². The molecule has 0 saturated carbocycles. The van der Waals surface area contributed by atoms with E-state index in [9.17, 15) is 4.79 Å². The maximum atomic E-state index is 12.3. The normalized spacial score (nSPS) is 22.3. The summed E-state index contributed by atoms with van der Waals surface area (Å²) in [5, 5.41) is 0. The summed E-state index contributed by atoms with van der Waals surface area (Å²) in [5.74, 6) is 0.195. The maximum absolute atomic E-state index is 12.3.